The Hall–Kier alpha value is -3.19. The Balaban J connectivity index is 2.17. The van der Waals surface area contributed by atoms with Crippen molar-refractivity contribution in [2.45, 2.75) is 6.92 Å². The van der Waals surface area contributed by atoms with Gasteiger partial charge in [-0.05, 0) is 12.5 Å². The van der Waals surface area contributed by atoms with Crippen LogP contribution in [0, 0.1) is 13.5 Å². The maximum atomic E-state index is 11.7. The minimum absolute atomic E-state index is 0.250. The van der Waals surface area contributed by atoms with E-state index >= 15 is 0 Å². The van der Waals surface area contributed by atoms with Crippen molar-refractivity contribution < 1.29 is 0 Å². The molecule has 0 bridgehead atoms. The molecule has 106 valence electrons. The fourth-order valence-corrected chi connectivity index (χ4v) is 2.24. The van der Waals surface area contributed by atoms with Crippen LogP contribution in [0.15, 0.2) is 59.5 Å². The zero-order valence-corrected chi connectivity index (χ0v) is 12.0. The molecule has 3 rings (SSSR count). The number of aromatic nitrogens is 2. The predicted molar refractivity (Wildman–Crippen MR) is 86.7 cm³/mol. The Labute approximate surface area is 127 Å². The third-order valence-corrected chi connectivity index (χ3v) is 3.41. The van der Waals surface area contributed by atoms with E-state index in [-0.39, 0.29) is 5.56 Å². The first kappa shape index (κ1) is 13.8. The van der Waals surface area contributed by atoms with Crippen molar-refractivity contribution in [3.63, 3.8) is 0 Å². The van der Waals surface area contributed by atoms with Gasteiger partial charge >= 0.3 is 0 Å². The number of aryl methyl sites for hydroxylation is 1. The minimum Gasteiger partial charge on any atom is -0.319 e. The number of H-pyrrole nitrogens is 1. The second-order valence-corrected chi connectivity index (χ2v) is 5.00. The van der Waals surface area contributed by atoms with Gasteiger partial charge in [0.05, 0.1) is 24.2 Å². The summed E-state index contributed by atoms with van der Waals surface area (Å²) >= 11 is 0. The molecular formula is C18H13N3O. The van der Waals surface area contributed by atoms with Crippen LogP contribution in [0.4, 0.5) is 5.69 Å². The van der Waals surface area contributed by atoms with Gasteiger partial charge in [-0.3, -0.25) is 4.79 Å². The molecule has 0 fully saturated rings. The quantitative estimate of drug-likeness (QED) is 0.725. The third kappa shape index (κ3) is 2.65. The summed E-state index contributed by atoms with van der Waals surface area (Å²) in [7, 11) is 0. The number of hydrogen-bond donors (Lipinski definition) is 1. The van der Waals surface area contributed by atoms with Gasteiger partial charge in [0.2, 0.25) is 0 Å². The van der Waals surface area contributed by atoms with Crippen LogP contribution >= 0.6 is 0 Å². The molecular weight excluding hydrogens is 274 g/mol. The number of rotatable bonds is 2. The standard InChI is InChI=1S/C18H13N3O/c1-12-3-5-13(6-4-12)17-18(21-16(22)11-20-17)14-7-9-15(19-2)10-8-14/h3-11H,1H3,(H,21,22). The topological polar surface area (TPSA) is 50.1 Å². The minimum atomic E-state index is -0.250. The lowest BCUT2D eigenvalue weighted by Crippen LogP contribution is -2.08. The Morgan fingerprint density at radius 3 is 2.27 bits per heavy atom. The highest BCUT2D eigenvalue weighted by Gasteiger charge is 2.10. The van der Waals surface area contributed by atoms with E-state index in [0.29, 0.717) is 11.4 Å². The number of benzene rings is 2. The van der Waals surface area contributed by atoms with Gasteiger partial charge in [-0.15, -0.1) is 0 Å². The van der Waals surface area contributed by atoms with Crippen molar-refractivity contribution >= 4 is 5.69 Å². The lowest BCUT2D eigenvalue weighted by atomic mass is 10.0. The highest BCUT2D eigenvalue weighted by atomic mass is 16.1. The average Bonchev–Trinajstić information content (AvgIpc) is 2.56. The van der Waals surface area contributed by atoms with Crippen LogP contribution in [0.2, 0.25) is 0 Å². The summed E-state index contributed by atoms with van der Waals surface area (Å²) in [6.07, 6.45) is 1.28. The molecule has 1 N–H and O–H groups in total. The molecule has 2 aromatic carbocycles. The van der Waals surface area contributed by atoms with E-state index in [1.54, 1.807) is 12.1 Å². The summed E-state index contributed by atoms with van der Waals surface area (Å²) < 4.78 is 0. The van der Waals surface area contributed by atoms with Gasteiger partial charge in [0.1, 0.15) is 0 Å². The zero-order valence-electron chi connectivity index (χ0n) is 12.0. The van der Waals surface area contributed by atoms with E-state index in [4.69, 9.17) is 6.57 Å². The largest absolute Gasteiger partial charge is 0.319 e. The normalized spacial score (nSPS) is 10.2. The van der Waals surface area contributed by atoms with Crippen LogP contribution < -0.4 is 5.56 Å². The molecule has 1 heterocycles. The molecule has 4 nitrogen and oxygen atoms in total. The summed E-state index contributed by atoms with van der Waals surface area (Å²) in [6, 6.07) is 15.1. The fraction of sp³-hybridized carbons (Fsp3) is 0.0556. The summed E-state index contributed by atoms with van der Waals surface area (Å²) in [5.74, 6) is 0. The highest BCUT2D eigenvalue weighted by Crippen LogP contribution is 2.28. The highest BCUT2D eigenvalue weighted by molar-refractivity contribution is 5.78. The monoisotopic (exact) mass is 287 g/mol. The Morgan fingerprint density at radius 1 is 1.00 bits per heavy atom. The number of aromatic amines is 1. The van der Waals surface area contributed by atoms with E-state index in [1.807, 2.05) is 43.3 Å². The average molecular weight is 287 g/mol. The van der Waals surface area contributed by atoms with Crippen LogP contribution in [-0.2, 0) is 0 Å². The summed E-state index contributed by atoms with van der Waals surface area (Å²) in [6.45, 7) is 9.03. The number of nitrogens with zero attached hydrogens (tertiary/aromatic N) is 2. The van der Waals surface area contributed by atoms with Gasteiger partial charge in [0.25, 0.3) is 5.56 Å². The van der Waals surface area contributed by atoms with E-state index in [1.165, 1.54) is 6.20 Å². The molecule has 0 unspecified atom stereocenters. The van der Waals surface area contributed by atoms with Crippen molar-refractivity contribution in [2.75, 3.05) is 0 Å². The molecule has 0 spiro atoms. The lowest BCUT2D eigenvalue weighted by Gasteiger charge is -2.09. The smallest absolute Gasteiger partial charge is 0.266 e. The van der Waals surface area contributed by atoms with Crippen molar-refractivity contribution in [3.05, 3.63) is 82.1 Å². The number of nitrogens with one attached hydrogen (secondary N) is 1. The molecule has 0 radical (unpaired) electrons. The van der Waals surface area contributed by atoms with Gasteiger partial charge in [-0.25, -0.2) is 9.83 Å². The van der Waals surface area contributed by atoms with Gasteiger partial charge in [-0.1, -0.05) is 54.1 Å². The van der Waals surface area contributed by atoms with Crippen molar-refractivity contribution in [2.24, 2.45) is 0 Å². The van der Waals surface area contributed by atoms with E-state index in [2.05, 4.69) is 14.8 Å². The van der Waals surface area contributed by atoms with Crippen molar-refractivity contribution in [1.82, 2.24) is 9.97 Å². The maximum Gasteiger partial charge on any atom is 0.266 e. The fourth-order valence-electron chi connectivity index (χ4n) is 2.24. The van der Waals surface area contributed by atoms with Gasteiger partial charge < -0.3 is 4.98 Å². The van der Waals surface area contributed by atoms with E-state index < -0.39 is 0 Å². The third-order valence-electron chi connectivity index (χ3n) is 3.41. The lowest BCUT2D eigenvalue weighted by molar-refractivity contribution is 1.15. The molecule has 0 saturated carbocycles. The van der Waals surface area contributed by atoms with Gasteiger partial charge in [-0.2, -0.15) is 0 Å². The molecule has 0 atom stereocenters. The first-order chi connectivity index (χ1) is 10.7. The first-order valence-corrected chi connectivity index (χ1v) is 6.81. The molecule has 0 aliphatic heterocycles. The zero-order chi connectivity index (χ0) is 15.5. The van der Waals surface area contributed by atoms with Gasteiger partial charge in [0, 0.05) is 5.56 Å². The Morgan fingerprint density at radius 2 is 1.64 bits per heavy atom. The van der Waals surface area contributed by atoms with E-state index in [0.717, 1.165) is 22.4 Å². The van der Waals surface area contributed by atoms with Crippen LogP contribution in [0.3, 0.4) is 0 Å². The Bertz CT molecular complexity index is 901. The number of hydrogen-bond acceptors (Lipinski definition) is 2. The van der Waals surface area contributed by atoms with Gasteiger partial charge in [0.15, 0.2) is 5.69 Å². The van der Waals surface area contributed by atoms with Crippen molar-refractivity contribution in [3.8, 4) is 22.5 Å². The molecule has 1 aromatic heterocycles. The molecule has 0 amide bonds. The Kier molecular flexibility index (Phi) is 3.55. The molecule has 22 heavy (non-hydrogen) atoms. The van der Waals surface area contributed by atoms with Crippen LogP contribution in [0.5, 0.6) is 0 Å². The molecule has 4 heteroatoms. The molecule has 0 saturated heterocycles. The second-order valence-electron chi connectivity index (χ2n) is 5.00. The second kappa shape index (κ2) is 5.66. The summed E-state index contributed by atoms with van der Waals surface area (Å²) in [5, 5.41) is 0. The summed E-state index contributed by atoms with van der Waals surface area (Å²) in [5.41, 5.74) is 4.62. The molecule has 0 aliphatic rings. The van der Waals surface area contributed by atoms with Crippen LogP contribution in [0.25, 0.3) is 27.4 Å². The maximum absolute atomic E-state index is 11.7. The summed E-state index contributed by atoms with van der Waals surface area (Å²) in [4.78, 5) is 22.2. The molecule has 0 aliphatic carbocycles. The van der Waals surface area contributed by atoms with E-state index in [9.17, 15) is 4.79 Å². The first-order valence-electron chi connectivity index (χ1n) is 6.81. The predicted octanol–water partition coefficient (Wildman–Crippen LogP) is 3.96. The SMILES string of the molecule is [C-]#[N+]c1ccc(-c2[nH]c(=O)cnc2-c2ccc(C)cc2)cc1. The van der Waals surface area contributed by atoms with Crippen LogP contribution in [0.1, 0.15) is 5.56 Å². The van der Waals surface area contributed by atoms with Crippen LogP contribution in [-0.4, -0.2) is 9.97 Å². The van der Waals surface area contributed by atoms with Crippen molar-refractivity contribution in [1.29, 1.82) is 0 Å². The molecule has 3 aromatic rings.